The fourth-order valence-electron chi connectivity index (χ4n) is 2.01. The maximum absolute atomic E-state index is 12.3. The number of carbonyl (C=O) groups is 2. The summed E-state index contributed by atoms with van der Waals surface area (Å²) >= 11 is 0. The van der Waals surface area contributed by atoms with E-state index in [-0.39, 0.29) is 35.9 Å². The van der Waals surface area contributed by atoms with Crippen molar-refractivity contribution in [2.75, 3.05) is 12.1 Å². The van der Waals surface area contributed by atoms with Crippen LogP contribution in [0.4, 0.5) is 19.4 Å². The lowest BCUT2D eigenvalue weighted by Crippen LogP contribution is -2.31. The van der Waals surface area contributed by atoms with Crippen molar-refractivity contribution in [1.29, 1.82) is 0 Å². The molecule has 0 aliphatic rings. The molecular formula is C15H20F2N6O5. The number of carbonyl (C=O) groups excluding carboxylic acids is 2. The number of anilines is 1. The summed E-state index contributed by atoms with van der Waals surface area (Å²) in [6.07, 6.45) is -0.637. The Morgan fingerprint density at radius 3 is 2.75 bits per heavy atom. The summed E-state index contributed by atoms with van der Waals surface area (Å²) in [5, 5.41) is 15.3. The second-order valence-corrected chi connectivity index (χ2v) is 5.78. The van der Waals surface area contributed by atoms with E-state index in [1.165, 1.54) is 23.9 Å². The molecule has 0 spiro atoms. The molecule has 0 aliphatic heterocycles. The van der Waals surface area contributed by atoms with Crippen LogP contribution in [0.25, 0.3) is 0 Å². The molecule has 0 aromatic carbocycles. The number of halogens is 2. The SMILES string of the molecule is CC(C)NC(=O)OCOc1cc(NC(=O)c2cc(COC(F)F)nn2C)[nH]n1. The molecule has 0 saturated heterocycles. The second-order valence-electron chi connectivity index (χ2n) is 5.78. The number of hydrogen-bond acceptors (Lipinski definition) is 7. The summed E-state index contributed by atoms with van der Waals surface area (Å²) in [6, 6.07) is 2.63. The number of aryl methyl sites for hydroxylation is 1. The number of H-pyrrole nitrogens is 1. The topological polar surface area (TPSA) is 132 Å². The van der Waals surface area contributed by atoms with E-state index in [2.05, 4.69) is 30.7 Å². The Labute approximate surface area is 158 Å². The van der Waals surface area contributed by atoms with Crippen molar-refractivity contribution in [3.05, 3.63) is 23.5 Å². The van der Waals surface area contributed by atoms with Crippen LogP contribution in [0.15, 0.2) is 12.1 Å². The predicted octanol–water partition coefficient (Wildman–Crippen LogP) is 1.61. The van der Waals surface area contributed by atoms with Gasteiger partial charge in [0, 0.05) is 19.2 Å². The van der Waals surface area contributed by atoms with Gasteiger partial charge in [0.05, 0.1) is 12.3 Å². The molecule has 3 N–H and O–H groups in total. The van der Waals surface area contributed by atoms with Crippen LogP contribution >= 0.6 is 0 Å². The number of hydrogen-bond donors (Lipinski definition) is 3. The molecule has 0 radical (unpaired) electrons. The quantitative estimate of drug-likeness (QED) is 0.543. The van der Waals surface area contributed by atoms with Crippen molar-refractivity contribution in [3.63, 3.8) is 0 Å². The van der Waals surface area contributed by atoms with Crippen LogP contribution in [0.1, 0.15) is 30.0 Å². The number of alkyl carbamates (subject to hydrolysis) is 1. The van der Waals surface area contributed by atoms with Gasteiger partial charge in [0.25, 0.3) is 5.91 Å². The first-order chi connectivity index (χ1) is 13.2. The Hall–Kier alpha value is -3.22. The van der Waals surface area contributed by atoms with Crippen molar-refractivity contribution >= 4 is 17.8 Å². The number of amides is 2. The minimum absolute atomic E-state index is 0.0749. The maximum Gasteiger partial charge on any atom is 0.410 e. The van der Waals surface area contributed by atoms with Gasteiger partial charge < -0.3 is 24.8 Å². The van der Waals surface area contributed by atoms with Crippen LogP contribution < -0.4 is 15.4 Å². The Kier molecular flexibility index (Phi) is 7.26. The zero-order valence-corrected chi connectivity index (χ0v) is 15.4. The third kappa shape index (κ3) is 6.50. The predicted molar refractivity (Wildman–Crippen MR) is 90.8 cm³/mol. The lowest BCUT2D eigenvalue weighted by Gasteiger charge is -2.08. The number of ether oxygens (including phenoxy) is 3. The second kappa shape index (κ2) is 9.64. The molecule has 154 valence electrons. The Bertz CT molecular complexity index is 807. The van der Waals surface area contributed by atoms with E-state index in [4.69, 9.17) is 9.47 Å². The zero-order chi connectivity index (χ0) is 20.7. The molecule has 13 heteroatoms. The minimum atomic E-state index is -2.93. The molecule has 0 atom stereocenters. The third-order valence-corrected chi connectivity index (χ3v) is 3.13. The highest BCUT2D eigenvalue weighted by atomic mass is 19.3. The molecule has 2 rings (SSSR count). The molecule has 2 aromatic rings. The summed E-state index contributed by atoms with van der Waals surface area (Å²) in [6.45, 7) is -0.163. The van der Waals surface area contributed by atoms with E-state index >= 15 is 0 Å². The van der Waals surface area contributed by atoms with Crippen LogP contribution in [-0.2, 0) is 23.1 Å². The van der Waals surface area contributed by atoms with Crippen molar-refractivity contribution in [3.8, 4) is 5.88 Å². The standard InChI is InChI=1S/C15H20F2N6O5/c1-8(2)18-15(25)28-7-27-12-5-11(20-21-12)19-13(24)10-4-9(22-23(10)3)6-26-14(16)17/h4-5,8,14H,6-7H2,1-3H3,(H,18,25)(H2,19,20,21,24). The highest BCUT2D eigenvalue weighted by molar-refractivity contribution is 6.02. The summed E-state index contributed by atoms with van der Waals surface area (Å²) in [5.74, 6) is -0.261. The van der Waals surface area contributed by atoms with Crippen molar-refractivity contribution in [2.24, 2.45) is 7.05 Å². The average Bonchev–Trinajstić information content (AvgIpc) is 3.18. The van der Waals surface area contributed by atoms with Crippen LogP contribution in [-0.4, -0.2) is 51.4 Å². The average molecular weight is 402 g/mol. The molecule has 11 nitrogen and oxygen atoms in total. The largest absolute Gasteiger partial charge is 0.439 e. The molecule has 2 aromatic heterocycles. The summed E-state index contributed by atoms with van der Waals surface area (Å²) in [4.78, 5) is 23.6. The molecule has 0 aliphatic carbocycles. The first-order valence-corrected chi connectivity index (χ1v) is 8.10. The van der Waals surface area contributed by atoms with Crippen molar-refractivity contribution in [2.45, 2.75) is 33.1 Å². The maximum atomic E-state index is 12.3. The van der Waals surface area contributed by atoms with Gasteiger partial charge in [-0.25, -0.2) is 4.79 Å². The van der Waals surface area contributed by atoms with Gasteiger partial charge in [-0.15, -0.1) is 5.10 Å². The van der Waals surface area contributed by atoms with Gasteiger partial charge in [-0.3, -0.25) is 14.6 Å². The fourth-order valence-corrected chi connectivity index (χ4v) is 2.01. The molecule has 28 heavy (non-hydrogen) atoms. The van der Waals surface area contributed by atoms with Crippen LogP contribution in [0.5, 0.6) is 5.88 Å². The van der Waals surface area contributed by atoms with Crippen molar-refractivity contribution < 1.29 is 32.6 Å². The molecule has 0 bridgehead atoms. The van der Waals surface area contributed by atoms with E-state index in [1.807, 2.05) is 0 Å². The van der Waals surface area contributed by atoms with Gasteiger partial charge in [0.1, 0.15) is 11.5 Å². The van der Waals surface area contributed by atoms with Gasteiger partial charge >= 0.3 is 12.7 Å². The normalized spacial score (nSPS) is 11.0. The van der Waals surface area contributed by atoms with E-state index in [0.717, 1.165) is 0 Å². The Morgan fingerprint density at radius 1 is 1.32 bits per heavy atom. The van der Waals surface area contributed by atoms with Gasteiger partial charge in [0.15, 0.2) is 0 Å². The van der Waals surface area contributed by atoms with Crippen LogP contribution in [0.3, 0.4) is 0 Å². The Balaban J connectivity index is 1.85. The molecule has 2 amide bonds. The number of aromatic amines is 1. The highest BCUT2D eigenvalue weighted by Crippen LogP contribution is 2.14. The Morgan fingerprint density at radius 2 is 2.07 bits per heavy atom. The molecule has 0 fully saturated rings. The number of aromatic nitrogens is 4. The van der Waals surface area contributed by atoms with E-state index in [1.54, 1.807) is 13.8 Å². The lowest BCUT2D eigenvalue weighted by atomic mass is 10.3. The number of rotatable bonds is 9. The minimum Gasteiger partial charge on any atom is -0.439 e. The third-order valence-electron chi connectivity index (χ3n) is 3.13. The van der Waals surface area contributed by atoms with E-state index < -0.39 is 25.2 Å². The van der Waals surface area contributed by atoms with E-state index in [9.17, 15) is 18.4 Å². The fraction of sp³-hybridized carbons (Fsp3) is 0.467. The van der Waals surface area contributed by atoms with E-state index in [0.29, 0.717) is 0 Å². The number of nitrogens with zero attached hydrogens (tertiary/aromatic N) is 3. The number of alkyl halides is 2. The lowest BCUT2D eigenvalue weighted by molar-refractivity contribution is -0.138. The highest BCUT2D eigenvalue weighted by Gasteiger charge is 2.16. The number of nitrogens with one attached hydrogen (secondary N) is 3. The molecule has 2 heterocycles. The smallest absolute Gasteiger partial charge is 0.410 e. The monoisotopic (exact) mass is 402 g/mol. The summed E-state index contributed by atoms with van der Waals surface area (Å²) < 4.78 is 39.4. The summed E-state index contributed by atoms with van der Waals surface area (Å²) in [7, 11) is 1.49. The zero-order valence-electron chi connectivity index (χ0n) is 15.4. The van der Waals surface area contributed by atoms with Gasteiger partial charge in [-0.2, -0.15) is 13.9 Å². The molecule has 0 saturated carbocycles. The van der Waals surface area contributed by atoms with Gasteiger partial charge in [-0.05, 0) is 19.9 Å². The first-order valence-electron chi connectivity index (χ1n) is 8.10. The van der Waals surface area contributed by atoms with Gasteiger partial charge in [0.2, 0.25) is 12.7 Å². The van der Waals surface area contributed by atoms with Crippen LogP contribution in [0.2, 0.25) is 0 Å². The molecular weight excluding hydrogens is 382 g/mol. The summed E-state index contributed by atoms with van der Waals surface area (Å²) in [5.41, 5.74) is 0.303. The van der Waals surface area contributed by atoms with Gasteiger partial charge in [-0.1, -0.05) is 0 Å². The van der Waals surface area contributed by atoms with Crippen molar-refractivity contribution in [1.82, 2.24) is 25.3 Å². The van der Waals surface area contributed by atoms with Crippen LogP contribution in [0, 0.1) is 0 Å². The first kappa shape index (κ1) is 21.1. The molecule has 0 unspecified atom stereocenters.